The van der Waals surface area contributed by atoms with Gasteiger partial charge in [0, 0.05) is 18.3 Å². The van der Waals surface area contributed by atoms with Gasteiger partial charge in [0.25, 0.3) is 5.91 Å². The normalized spacial score (nSPS) is 13.4. The zero-order valence-electron chi connectivity index (χ0n) is 15.6. The first-order valence-corrected chi connectivity index (χ1v) is 9.21. The Hall–Kier alpha value is -2.99. The average molecular weight is 402 g/mol. The number of ether oxygens (including phenoxy) is 3. The Labute approximate surface area is 168 Å². The zero-order chi connectivity index (χ0) is 20.1. The molecule has 28 heavy (non-hydrogen) atoms. The summed E-state index contributed by atoms with van der Waals surface area (Å²) in [4.78, 5) is 26.3. The number of nitrogens with zero attached hydrogens (tertiary/aromatic N) is 1. The van der Waals surface area contributed by atoms with Crippen molar-refractivity contribution in [2.45, 2.75) is 20.0 Å². The molecule has 0 saturated carbocycles. The number of hydrogen-bond acceptors (Lipinski definition) is 5. The predicted octanol–water partition coefficient (Wildman–Crippen LogP) is 4.07. The summed E-state index contributed by atoms with van der Waals surface area (Å²) in [6.07, 6.45) is 1.87. The first-order chi connectivity index (χ1) is 13.5. The van der Waals surface area contributed by atoms with Crippen LogP contribution in [0.1, 0.15) is 19.4 Å². The van der Waals surface area contributed by atoms with Crippen LogP contribution in [-0.2, 0) is 14.3 Å². The molecule has 6 nitrogen and oxygen atoms in total. The van der Waals surface area contributed by atoms with Crippen LogP contribution in [-0.4, -0.2) is 31.3 Å². The molecule has 0 bridgehead atoms. The molecule has 1 atom stereocenters. The highest BCUT2D eigenvalue weighted by Gasteiger charge is 2.23. The van der Waals surface area contributed by atoms with Crippen molar-refractivity contribution in [2.75, 3.05) is 18.2 Å². The van der Waals surface area contributed by atoms with E-state index in [1.165, 1.54) is 6.08 Å². The number of anilines is 1. The summed E-state index contributed by atoms with van der Waals surface area (Å²) in [6.45, 7) is 4.00. The summed E-state index contributed by atoms with van der Waals surface area (Å²) >= 11 is 6.12. The van der Waals surface area contributed by atoms with E-state index in [0.717, 1.165) is 5.69 Å². The van der Waals surface area contributed by atoms with E-state index < -0.39 is 12.1 Å². The van der Waals surface area contributed by atoms with E-state index in [2.05, 4.69) is 0 Å². The minimum Gasteiger partial charge on any atom is -0.454 e. The molecule has 2 aromatic rings. The first-order valence-electron chi connectivity index (χ1n) is 8.84. The highest BCUT2D eigenvalue weighted by molar-refractivity contribution is 6.32. The van der Waals surface area contributed by atoms with E-state index in [9.17, 15) is 9.59 Å². The summed E-state index contributed by atoms with van der Waals surface area (Å²) in [6, 6.07) is 12.6. The lowest BCUT2D eigenvalue weighted by atomic mass is 10.2. The van der Waals surface area contributed by atoms with Crippen molar-refractivity contribution in [1.29, 1.82) is 0 Å². The number of halogens is 1. The highest BCUT2D eigenvalue weighted by atomic mass is 35.5. The molecule has 0 aliphatic carbocycles. The number of benzene rings is 2. The number of esters is 1. The molecule has 7 heteroatoms. The Morgan fingerprint density at radius 2 is 2.00 bits per heavy atom. The van der Waals surface area contributed by atoms with E-state index in [1.807, 2.05) is 37.3 Å². The molecule has 0 aromatic heterocycles. The third-order valence-corrected chi connectivity index (χ3v) is 4.43. The summed E-state index contributed by atoms with van der Waals surface area (Å²) < 4.78 is 15.8. The van der Waals surface area contributed by atoms with Gasteiger partial charge >= 0.3 is 5.97 Å². The van der Waals surface area contributed by atoms with Gasteiger partial charge in [-0.25, -0.2) is 4.79 Å². The van der Waals surface area contributed by atoms with Crippen molar-refractivity contribution in [3.63, 3.8) is 0 Å². The molecule has 0 radical (unpaired) electrons. The summed E-state index contributed by atoms with van der Waals surface area (Å²) in [5.41, 5.74) is 1.41. The van der Waals surface area contributed by atoms with Crippen LogP contribution in [0.15, 0.2) is 48.5 Å². The molecular formula is C21H20ClNO5. The fraction of sp³-hybridized carbons (Fsp3) is 0.238. The summed E-state index contributed by atoms with van der Waals surface area (Å²) in [5.74, 6) is 0.0898. The molecule has 0 unspecified atom stereocenters. The number of hydrogen-bond donors (Lipinski definition) is 0. The largest absolute Gasteiger partial charge is 0.454 e. The maximum absolute atomic E-state index is 12.6. The number of fused-ring (bicyclic) bond motifs is 1. The first kappa shape index (κ1) is 19.8. The van der Waals surface area contributed by atoms with Crippen molar-refractivity contribution in [1.82, 2.24) is 0 Å². The van der Waals surface area contributed by atoms with E-state index in [4.69, 9.17) is 25.8 Å². The number of rotatable bonds is 6. The van der Waals surface area contributed by atoms with Crippen LogP contribution in [0.3, 0.4) is 0 Å². The predicted molar refractivity (Wildman–Crippen MR) is 107 cm³/mol. The second kappa shape index (κ2) is 8.80. The van der Waals surface area contributed by atoms with Gasteiger partial charge < -0.3 is 19.1 Å². The third kappa shape index (κ3) is 4.46. The van der Waals surface area contributed by atoms with Crippen LogP contribution < -0.4 is 14.4 Å². The van der Waals surface area contributed by atoms with Gasteiger partial charge in [-0.05, 0) is 49.8 Å². The molecule has 1 aliphatic heterocycles. The molecule has 0 N–H and O–H groups in total. The number of para-hydroxylation sites is 1. The van der Waals surface area contributed by atoms with Gasteiger partial charge in [0.15, 0.2) is 17.6 Å². The van der Waals surface area contributed by atoms with Crippen LogP contribution in [0.2, 0.25) is 5.02 Å². The molecule has 1 heterocycles. The standard InChI is InChI=1S/C21H20ClNO5/c1-3-23(16-7-5-4-6-8-16)21(25)14(2)28-19(24)10-9-15-11-17(22)20-18(12-15)26-13-27-20/h4-12,14H,3,13H2,1-2H3/b10-9+/t14-/m0/s1. The van der Waals surface area contributed by atoms with Gasteiger partial charge in [-0.2, -0.15) is 0 Å². The minimum atomic E-state index is -0.919. The Morgan fingerprint density at radius 1 is 1.25 bits per heavy atom. The van der Waals surface area contributed by atoms with Gasteiger partial charge in [0.1, 0.15) is 0 Å². The molecular weight excluding hydrogens is 382 g/mol. The third-order valence-electron chi connectivity index (χ3n) is 4.15. The number of carbonyl (C=O) groups is 2. The van der Waals surface area contributed by atoms with E-state index in [1.54, 1.807) is 30.0 Å². The van der Waals surface area contributed by atoms with Crippen molar-refractivity contribution >= 4 is 35.2 Å². The van der Waals surface area contributed by atoms with Crippen LogP contribution in [0.4, 0.5) is 5.69 Å². The molecule has 0 saturated heterocycles. The summed E-state index contributed by atoms with van der Waals surface area (Å²) in [5, 5.41) is 0.396. The molecule has 0 fully saturated rings. The molecule has 3 rings (SSSR count). The fourth-order valence-electron chi connectivity index (χ4n) is 2.80. The monoisotopic (exact) mass is 401 g/mol. The molecule has 2 aromatic carbocycles. The van der Waals surface area contributed by atoms with E-state index in [-0.39, 0.29) is 12.7 Å². The van der Waals surface area contributed by atoms with Gasteiger partial charge in [0.2, 0.25) is 6.79 Å². The van der Waals surface area contributed by atoms with Crippen LogP contribution in [0.5, 0.6) is 11.5 Å². The van der Waals surface area contributed by atoms with Crippen molar-refractivity contribution in [3.8, 4) is 11.5 Å². The SMILES string of the molecule is CCN(C(=O)[C@H](C)OC(=O)/C=C/c1cc(Cl)c2c(c1)OCO2)c1ccccc1. The van der Waals surface area contributed by atoms with E-state index >= 15 is 0 Å². The lowest BCUT2D eigenvalue weighted by Gasteiger charge is -2.24. The van der Waals surface area contributed by atoms with Crippen LogP contribution in [0.25, 0.3) is 6.08 Å². The molecule has 1 aliphatic rings. The minimum absolute atomic E-state index is 0.110. The molecule has 1 amide bonds. The topological polar surface area (TPSA) is 65.1 Å². The number of likely N-dealkylation sites (N-methyl/N-ethyl adjacent to an activating group) is 1. The highest BCUT2D eigenvalue weighted by Crippen LogP contribution is 2.40. The number of amides is 1. The second-order valence-corrected chi connectivity index (χ2v) is 6.47. The zero-order valence-corrected chi connectivity index (χ0v) is 16.3. The quantitative estimate of drug-likeness (QED) is 0.539. The molecule has 0 spiro atoms. The Balaban J connectivity index is 1.63. The van der Waals surface area contributed by atoms with Crippen LogP contribution >= 0.6 is 11.6 Å². The lowest BCUT2D eigenvalue weighted by molar-refractivity contribution is -0.149. The van der Waals surface area contributed by atoms with Gasteiger partial charge in [-0.3, -0.25) is 4.79 Å². The number of carbonyl (C=O) groups excluding carboxylic acids is 2. The second-order valence-electron chi connectivity index (χ2n) is 6.07. The smallest absolute Gasteiger partial charge is 0.331 e. The Morgan fingerprint density at radius 3 is 2.71 bits per heavy atom. The lowest BCUT2D eigenvalue weighted by Crippen LogP contribution is -2.39. The van der Waals surface area contributed by atoms with Crippen molar-refractivity contribution in [2.24, 2.45) is 0 Å². The summed E-state index contributed by atoms with van der Waals surface area (Å²) in [7, 11) is 0. The average Bonchev–Trinajstić information content (AvgIpc) is 3.17. The Kier molecular flexibility index (Phi) is 6.21. The van der Waals surface area contributed by atoms with Crippen LogP contribution in [0, 0.1) is 0 Å². The maximum atomic E-state index is 12.6. The van der Waals surface area contributed by atoms with E-state index in [0.29, 0.717) is 28.6 Å². The van der Waals surface area contributed by atoms with Gasteiger partial charge in [-0.15, -0.1) is 0 Å². The van der Waals surface area contributed by atoms with Gasteiger partial charge in [-0.1, -0.05) is 29.8 Å². The Bertz CT molecular complexity index is 897. The fourth-order valence-corrected chi connectivity index (χ4v) is 3.08. The van der Waals surface area contributed by atoms with Gasteiger partial charge in [0.05, 0.1) is 5.02 Å². The van der Waals surface area contributed by atoms with Crippen molar-refractivity contribution < 1.29 is 23.8 Å². The van der Waals surface area contributed by atoms with Crippen molar-refractivity contribution in [3.05, 3.63) is 59.1 Å². The maximum Gasteiger partial charge on any atom is 0.331 e. The molecule has 146 valence electrons.